The highest BCUT2D eigenvalue weighted by atomic mass is 79.9. The molecule has 110 valence electrons. The van der Waals surface area contributed by atoms with Gasteiger partial charge in [0.1, 0.15) is 11.0 Å². The van der Waals surface area contributed by atoms with Crippen molar-refractivity contribution in [2.75, 3.05) is 14.2 Å². The van der Waals surface area contributed by atoms with Gasteiger partial charge in [0.25, 0.3) is 0 Å². The summed E-state index contributed by atoms with van der Waals surface area (Å²) in [7, 11) is 3.03. The van der Waals surface area contributed by atoms with Gasteiger partial charge in [0, 0.05) is 9.37 Å². The number of methoxy groups -OCH3 is 2. The van der Waals surface area contributed by atoms with Gasteiger partial charge < -0.3 is 9.47 Å². The fraction of sp³-hybridized carbons (Fsp3) is 0.188. The first-order chi connectivity index (χ1) is 10.1. The van der Waals surface area contributed by atoms with E-state index in [1.165, 1.54) is 18.9 Å². The lowest BCUT2D eigenvalue weighted by Gasteiger charge is -2.15. The first kappa shape index (κ1) is 15.9. The number of ether oxygens (including phenoxy) is 2. The highest BCUT2D eigenvalue weighted by Crippen LogP contribution is 2.37. The summed E-state index contributed by atoms with van der Waals surface area (Å²) in [6.45, 7) is 0. The van der Waals surface area contributed by atoms with Crippen LogP contribution in [0.3, 0.4) is 0 Å². The van der Waals surface area contributed by atoms with E-state index < -0.39 is 5.25 Å². The molecule has 0 radical (unpaired) electrons. The van der Waals surface area contributed by atoms with E-state index in [4.69, 9.17) is 9.47 Å². The molecule has 0 aliphatic heterocycles. The molecule has 0 saturated heterocycles. The molecule has 3 nitrogen and oxygen atoms in total. The van der Waals surface area contributed by atoms with E-state index >= 15 is 0 Å². The molecule has 2 aromatic rings. The molecule has 0 amide bonds. The van der Waals surface area contributed by atoms with Crippen molar-refractivity contribution >= 4 is 33.7 Å². The molecule has 21 heavy (non-hydrogen) atoms. The molecule has 2 aromatic carbocycles. The summed E-state index contributed by atoms with van der Waals surface area (Å²) in [5, 5.41) is -0.392. The largest absolute Gasteiger partial charge is 0.497 e. The predicted molar refractivity (Wildman–Crippen MR) is 87.8 cm³/mol. The van der Waals surface area contributed by atoms with E-state index in [1.54, 1.807) is 7.11 Å². The first-order valence-corrected chi connectivity index (χ1v) is 7.95. The second-order valence-corrected chi connectivity index (χ2v) is 6.34. The molecule has 0 aromatic heterocycles. The summed E-state index contributed by atoms with van der Waals surface area (Å²) >= 11 is 4.85. The Morgan fingerprint density at radius 2 is 1.67 bits per heavy atom. The Morgan fingerprint density at radius 1 is 1.05 bits per heavy atom. The van der Waals surface area contributed by atoms with Gasteiger partial charge in [-0.25, -0.2) is 0 Å². The maximum atomic E-state index is 12.0. The smallest absolute Gasteiger partial charge is 0.323 e. The van der Waals surface area contributed by atoms with Gasteiger partial charge in [-0.3, -0.25) is 4.79 Å². The molecular weight excluding hydrogens is 352 g/mol. The van der Waals surface area contributed by atoms with Crippen molar-refractivity contribution in [3.05, 3.63) is 58.6 Å². The molecule has 0 spiro atoms. The van der Waals surface area contributed by atoms with Gasteiger partial charge in [0.2, 0.25) is 0 Å². The quantitative estimate of drug-likeness (QED) is 0.577. The Bertz CT molecular complexity index is 596. The number of halogens is 1. The molecule has 2 rings (SSSR count). The van der Waals surface area contributed by atoms with Crippen LogP contribution in [0, 0.1) is 0 Å². The van der Waals surface area contributed by atoms with Crippen LogP contribution in [0.25, 0.3) is 0 Å². The molecule has 0 aliphatic rings. The average molecular weight is 367 g/mol. The topological polar surface area (TPSA) is 35.5 Å². The van der Waals surface area contributed by atoms with E-state index in [-0.39, 0.29) is 5.97 Å². The molecule has 0 aliphatic carbocycles. The second-order valence-electron chi connectivity index (χ2n) is 4.25. The number of esters is 1. The average Bonchev–Trinajstić information content (AvgIpc) is 2.53. The van der Waals surface area contributed by atoms with Crippen LogP contribution in [0.5, 0.6) is 5.75 Å². The minimum Gasteiger partial charge on any atom is -0.497 e. The molecule has 0 fully saturated rings. The molecule has 0 N–H and O–H groups in total. The van der Waals surface area contributed by atoms with Crippen molar-refractivity contribution < 1.29 is 14.3 Å². The van der Waals surface area contributed by atoms with Crippen LogP contribution in [0.4, 0.5) is 0 Å². The number of hydrogen-bond acceptors (Lipinski definition) is 4. The highest BCUT2D eigenvalue weighted by molar-refractivity contribution is 9.10. The molecule has 0 heterocycles. The summed E-state index contributed by atoms with van der Waals surface area (Å²) in [6, 6.07) is 15.3. The van der Waals surface area contributed by atoms with Crippen molar-refractivity contribution in [3.63, 3.8) is 0 Å². The van der Waals surface area contributed by atoms with Gasteiger partial charge in [0.15, 0.2) is 0 Å². The summed E-state index contributed by atoms with van der Waals surface area (Å²) in [5.41, 5.74) is 0.908. The SMILES string of the molecule is COC(=O)C(Sc1ccc(OC)cc1)c1ccc(Br)cc1. The van der Waals surface area contributed by atoms with Crippen molar-refractivity contribution in [3.8, 4) is 5.75 Å². The summed E-state index contributed by atoms with van der Waals surface area (Å²) in [6.07, 6.45) is 0. The monoisotopic (exact) mass is 366 g/mol. The van der Waals surface area contributed by atoms with Crippen LogP contribution < -0.4 is 4.74 Å². The van der Waals surface area contributed by atoms with Gasteiger partial charge in [0.05, 0.1) is 14.2 Å². The minimum atomic E-state index is -0.392. The van der Waals surface area contributed by atoms with E-state index in [1.807, 2.05) is 48.5 Å². The molecule has 5 heteroatoms. The maximum Gasteiger partial charge on any atom is 0.323 e. The third-order valence-electron chi connectivity index (χ3n) is 2.90. The van der Waals surface area contributed by atoms with Crippen LogP contribution in [-0.4, -0.2) is 20.2 Å². The van der Waals surface area contributed by atoms with E-state index in [0.717, 1.165) is 20.7 Å². The van der Waals surface area contributed by atoms with Gasteiger partial charge in [-0.05, 0) is 42.0 Å². The Hall–Kier alpha value is -1.46. The van der Waals surface area contributed by atoms with E-state index in [9.17, 15) is 4.79 Å². The number of thioether (sulfide) groups is 1. The summed E-state index contributed by atoms with van der Waals surface area (Å²) < 4.78 is 11.0. The van der Waals surface area contributed by atoms with Crippen molar-refractivity contribution in [1.29, 1.82) is 0 Å². The van der Waals surface area contributed by atoms with Gasteiger partial charge >= 0.3 is 5.97 Å². The lowest BCUT2D eigenvalue weighted by atomic mass is 10.1. The molecule has 0 saturated carbocycles. The Balaban J connectivity index is 2.23. The Morgan fingerprint density at radius 3 is 2.19 bits per heavy atom. The molecule has 0 bridgehead atoms. The van der Waals surface area contributed by atoms with E-state index in [0.29, 0.717) is 0 Å². The number of benzene rings is 2. The zero-order valence-corrected chi connectivity index (χ0v) is 14.1. The fourth-order valence-electron chi connectivity index (χ4n) is 1.79. The molecular formula is C16H15BrO3S. The zero-order valence-electron chi connectivity index (χ0n) is 11.7. The number of hydrogen-bond donors (Lipinski definition) is 0. The van der Waals surface area contributed by atoms with Gasteiger partial charge in [-0.2, -0.15) is 0 Å². The van der Waals surface area contributed by atoms with Crippen LogP contribution >= 0.6 is 27.7 Å². The number of rotatable bonds is 5. The predicted octanol–water partition coefficient (Wildman–Crippen LogP) is 4.46. The van der Waals surface area contributed by atoms with Crippen molar-refractivity contribution in [2.45, 2.75) is 10.1 Å². The highest BCUT2D eigenvalue weighted by Gasteiger charge is 2.22. The van der Waals surface area contributed by atoms with Crippen LogP contribution in [0.1, 0.15) is 10.8 Å². The summed E-state index contributed by atoms with van der Waals surface area (Å²) in [4.78, 5) is 13.0. The Labute approximate surface area is 136 Å². The number of carbonyl (C=O) groups is 1. The lowest BCUT2D eigenvalue weighted by Crippen LogP contribution is -2.11. The minimum absolute atomic E-state index is 0.266. The lowest BCUT2D eigenvalue weighted by molar-refractivity contribution is -0.140. The van der Waals surface area contributed by atoms with Gasteiger partial charge in [-0.1, -0.05) is 28.1 Å². The molecule has 1 atom stereocenters. The fourth-order valence-corrected chi connectivity index (χ4v) is 3.10. The first-order valence-electron chi connectivity index (χ1n) is 6.28. The van der Waals surface area contributed by atoms with E-state index in [2.05, 4.69) is 15.9 Å². The van der Waals surface area contributed by atoms with Crippen molar-refractivity contribution in [1.82, 2.24) is 0 Å². The second kappa shape index (κ2) is 7.52. The van der Waals surface area contributed by atoms with Crippen LogP contribution in [0.15, 0.2) is 57.9 Å². The normalized spacial score (nSPS) is 11.8. The van der Waals surface area contributed by atoms with Crippen LogP contribution in [0.2, 0.25) is 0 Å². The van der Waals surface area contributed by atoms with Gasteiger partial charge in [-0.15, -0.1) is 11.8 Å². The van der Waals surface area contributed by atoms with Crippen LogP contribution in [-0.2, 0) is 9.53 Å². The summed E-state index contributed by atoms with van der Waals surface area (Å²) in [5.74, 6) is 0.524. The number of carbonyl (C=O) groups excluding carboxylic acids is 1. The Kier molecular flexibility index (Phi) is 5.70. The third kappa shape index (κ3) is 4.25. The molecule has 1 unspecified atom stereocenters. The standard InChI is InChI=1S/C16H15BrO3S/c1-19-13-7-9-14(10-8-13)21-15(16(18)20-2)11-3-5-12(17)6-4-11/h3-10,15H,1-2H3. The zero-order chi connectivity index (χ0) is 15.2. The maximum absolute atomic E-state index is 12.0. The van der Waals surface area contributed by atoms with Crippen molar-refractivity contribution in [2.24, 2.45) is 0 Å². The third-order valence-corrected chi connectivity index (χ3v) is 4.67.